The highest BCUT2D eigenvalue weighted by molar-refractivity contribution is 6.34. The first-order valence-corrected chi connectivity index (χ1v) is 10.4. The van der Waals surface area contributed by atoms with Crippen molar-refractivity contribution in [1.82, 2.24) is 9.97 Å². The Balaban J connectivity index is 1.46. The minimum Gasteiger partial charge on any atom is -0.365 e. The predicted octanol–water partition coefficient (Wildman–Crippen LogP) is 5.64. The molecular weight excluding hydrogens is 429 g/mol. The number of carbonyl (C=O) groups is 1. The molecule has 0 saturated carbocycles. The maximum atomic E-state index is 13.2. The van der Waals surface area contributed by atoms with E-state index in [9.17, 15) is 9.18 Å². The topological polar surface area (TPSA) is 78.9 Å². The van der Waals surface area contributed by atoms with Crippen LogP contribution >= 0.6 is 11.6 Å². The lowest BCUT2D eigenvalue weighted by atomic mass is 10.1. The van der Waals surface area contributed by atoms with Gasteiger partial charge in [-0.05, 0) is 55.0 Å². The third kappa shape index (κ3) is 4.78. The number of nitrogens with zero attached hydrogens (tertiary/aromatic N) is 2. The first kappa shape index (κ1) is 21.5. The van der Waals surface area contributed by atoms with E-state index in [0.29, 0.717) is 18.2 Å². The van der Waals surface area contributed by atoms with Crippen LogP contribution in [-0.2, 0) is 6.54 Å². The maximum absolute atomic E-state index is 13.2. The van der Waals surface area contributed by atoms with Gasteiger partial charge in [-0.25, -0.2) is 9.37 Å². The number of hydrogen-bond acceptors (Lipinski definition) is 5. The average Bonchev–Trinajstić information content (AvgIpc) is 2.78. The first-order chi connectivity index (χ1) is 15.4. The van der Waals surface area contributed by atoms with Gasteiger partial charge < -0.3 is 16.0 Å². The van der Waals surface area contributed by atoms with E-state index in [4.69, 9.17) is 11.6 Å². The fourth-order valence-electron chi connectivity index (χ4n) is 3.25. The Kier molecular flexibility index (Phi) is 6.18. The summed E-state index contributed by atoms with van der Waals surface area (Å²) in [5, 5.41) is 10.1. The molecule has 32 heavy (non-hydrogen) atoms. The molecule has 3 N–H and O–H groups in total. The number of benzene rings is 3. The fraction of sp³-hybridized carbons (Fsp3) is 0.125. The van der Waals surface area contributed by atoms with E-state index in [1.165, 1.54) is 12.1 Å². The van der Waals surface area contributed by atoms with Crippen LogP contribution in [0.15, 0.2) is 60.7 Å². The van der Waals surface area contributed by atoms with Crippen LogP contribution in [0.4, 0.5) is 21.8 Å². The quantitative estimate of drug-likeness (QED) is 0.355. The number of hydrogen-bond donors (Lipinski definition) is 3. The van der Waals surface area contributed by atoms with Gasteiger partial charge in [-0.3, -0.25) is 4.79 Å². The zero-order valence-corrected chi connectivity index (χ0v) is 18.3. The average molecular weight is 450 g/mol. The normalized spacial score (nSPS) is 10.8. The number of anilines is 3. The van der Waals surface area contributed by atoms with E-state index in [0.717, 1.165) is 33.9 Å². The van der Waals surface area contributed by atoms with Crippen molar-refractivity contribution in [3.8, 4) is 0 Å². The zero-order chi connectivity index (χ0) is 22.7. The molecule has 0 aliphatic rings. The van der Waals surface area contributed by atoms with Crippen LogP contribution in [0, 0.1) is 12.7 Å². The summed E-state index contributed by atoms with van der Waals surface area (Å²) in [6, 6.07) is 17.1. The molecule has 0 bridgehead atoms. The van der Waals surface area contributed by atoms with Crippen LogP contribution in [0.3, 0.4) is 0 Å². The van der Waals surface area contributed by atoms with Crippen molar-refractivity contribution in [2.24, 2.45) is 0 Å². The second-order valence-corrected chi connectivity index (χ2v) is 7.70. The Labute approximate surface area is 189 Å². The Morgan fingerprint density at radius 1 is 1.03 bits per heavy atom. The van der Waals surface area contributed by atoms with Gasteiger partial charge >= 0.3 is 0 Å². The standard InChI is InChI=1S/C24H21ClFN5O/c1-14-3-10-21-19(11-14)22(31-24(27-2)30-21)28-13-15-4-7-17(8-5-15)29-23(32)18-9-6-16(26)12-20(18)25/h3-12H,13H2,1-2H3,(H,29,32)(H2,27,28,30,31). The lowest BCUT2D eigenvalue weighted by Gasteiger charge is -2.12. The molecule has 3 aromatic carbocycles. The van der Waals surface area contributed by atoms with Gasteiger partial charge in [0.25, 0.3) is 5.91 Å². The van der Waals surface area contributed by atoms with Gasteiger partial charge in [0.1, 0.15) is 11.6 Å². The lowest BCUT2D eigenvalue weighted by Crippen LogP contribution is -2.12. The summed E-state index contributed by atoms with van der Waals surface area (Å²) in [4.78, 5) is 21.4. The Morgan fingerprint density at radius 2 is 1.81 bits per heavy atom. The van der Waals surface area contributed by atoms with Crippen LogP contribution in [0.25, 0.3) is 10.9 Å². The molecule has 0 aliphatic carbocycles. The molecule has 1 aromatic heterocycles. The van der Waals surface area contributed by atoms with Crippen LogP contribution < -0.4 is 16.0 Å². The van der Waals surface area contributed by atoms with E-state index in [2.05, 4.69) is 32.0 Å². The number of halogens is 2. The highest BCUT2D eigenvalue weighted by Gasteiger charge is 2.12. The third-order valence-electron chi connectivity index (χ3n) is 4.92. The van der Waals surface area contributed by atoms with Crippen molar-refractivity contribution in [2.45, 2.75) is 13.5 Å². The van der Waals surface area contributed by atoms with E-state index in [-0.39, 0.29) is 10.6 Å². The smallest absolute Gasteiger partial charge is 0.257 e. The summed E-state index contributed by atoms with van der Waals surface area (Å²) in [5.74, 6) is 0.396. The highest BCUT2D eigenvalue weighted by Crippen LogP contribution is 2.24. The van der Waals surface area contributed by atoms with Crippen molar-refractivity contribution >= 4 is 45.9 Å². The summed E-state index contributed by atoms with van der Waals surface area (Å²) in [5.41, 5.74) is 3.82. The van der Waals surface area contributed by atoms with Crippen molar-refractivity contribution in [1.29, 1.82) is 0 Å². The van der Waals surface area contributed by atoms with Crippen molar-refractivity contribution in [3.63, 3.8) is 0 Å². The van der Waals surface area contributed by atoms with Crippen LogP contribution in [0.5, 0.6) is 0 Å². The number of carbonyl (C=O) groups excluding carboxylic acids is 1. The van der Waals surface area contributed by atoms with Crippen molar-refractivity contribution in [3.05, 3.63) is 88.2 Å². The molecule has 162 valence electrons. The Bertz CT molecular complexity index is 1290. The summed E-state index contributed by atoms with van der Waals surface area (Å²) in [7, 11) is 1.78. The Morgan fingerprint density at radius 3 is 2.53 bits per heavy atom. The van der Waals surface area contributed by atoms with E-state index in [1.54, 1.807) is 19.2 Å². The maximum Gasteiger partial charge on any atom is 0.257 e. The molecule has 0 aliphatic heterocycles. The predicted molar refractivity (Wildman–Crippen MR) is 127 cm³/mol. The van der Waals surface area contributed by atoms with Gasteiger partial charge in [0.05, 0.1) is 16.1 Å². The molecule has 1 amide bonds. The second kappa shape index (κ2) is 9.20. The second-order valence-electron chi connectivity index (χ2n) is 7.30. The Hall–Kier alpha value is -3.71. The number of rotatable bonds is 6. The van der Waals surface area contributed by atoms with E-state index >= 15 is 0 Å². The molecule has 0 saturated heterocycles. The largest absolute Gasteiger partial charge is 0.365 e. The van der Waals surface area contributed by atoms with E-state index in [1.807, 2.05) is 31.2 Å². The van der Waals surface area contributed by atoms with Gasteiger partial charge in [-0.15, -0.1) is 0 Å². The molecule has 0 radical (unpaired) electrons. The summed E-state index contributed by atoms with van der Waals surface area (Å²) >= 11 is 5.96. The first-order valence-electron chi connectivity index (χ1n) is 9.98. The molecular formula is C24H21ClFN5O. The molecule has 8 heteroatoms. The monoisotopic (exact) mass is 449 g/mol. The van der Waals surface area contributed by atoms with Crippen molar-refractivity contribution < 1.29 is 9.18 Å². The van der Waals surface area contributed by atoms with Crippen LogP contribution in [0.1, 0.15) is 21.5 Å². The molecule has 0 unspecified atom stereocenters. The van der Waals surface area contributed by atoms with E-state index < -0.39 is 11.7 Å². The fourth-order valence-corrected chi connectivity index (χ4v) is 3.51. The van der Waals surface area contributed by atoms with Gasteiger partial charge in [-0.2, -0.15) is 4.98 Å². The highest BCUT2D eigenvalue weighted by atomic mass is 35.5. The minimum absolute atomic E-state index is 0.0663. The number of aryl methyl sites for hydroxylation is 1. The zero-order valence-electron chi connectivity index (χ0n) is 17.5. The molecule has 4 aromatic rings. The van der Waals surface area contributed by atoms with Gasteiger partial charge in [-0.1, -0.05) is 35.4 Å². The molecule has 0 spiro atoms. The van der Waals surface area contributed by atoms with Crippen molar-refractivity contribution in [2.75, 3.05) is 23.0 Å². The molecule has 0 atom stereocenters. The number of amides is 1. The number of fused-ring (bicyclic) bond motifs is 1. The molecule has 1 heterocycles. The molecule has 6 nitrogen and oxygen atoms in total. The SMILES string of the molecule is CNc1nc(NCc2ccc(NC(=O)c3ccc(F)cc3Cl)cc2)c2cc(C)ccc2n1. The third-order valence-corrected chi connectivity index (χ3v) is 5.24. The summed E-state index contributed by atoms with van der Waals surface area (Å²) in [6.45, 7) is 2.57. The van der Waals surface area contributed by atoms with Crippen LogP contribution in [0.2, 0.25) is 5.02 Å². The van der Waals surface area contributed by atoms with Gasteiger partial charge in [0.15, 0.2) is 0 Å². The van der Waals surface area contributed by atoms with Gasteiger partial charge in [0, 0.05) is 24.7 Å². The summed E-state index contributed by atoms with van der Waals surface area (Å²) in [6.07, 6.45) is 0. The molecule has 0 fully saturated rings. The van der Waals surface area contributed by atoms with Gasteiger partial charge in [0.2, 0.25) is 5.95 Å². The molecule has 4 rings (SSSR count). The van der Waals surface area contributed by atoms with Crippen LogP contribution in [-0.4, -0.2) is 22.9 Å². The lowest BCUT2D eigenvalue weighted by molar-refractivity contribution is 0.102. The number of aromatic nitrogens is 2. The minimum atomic E-state index is -0.489. The summed E-state index contributed by atoms with van der Waals surface area (Å²) < 4.78 is 13.2. The number of nitrogens with one attached hydrogen (secondary N) is 3.